The topological polar surface area (TPSA) is 50.8 Å². The minimum Gasteiger partial charge on any atom is -0.486 e. The summed E-state index contributed by atoms with van der Waals surface area (Å²) in [4.78, 5) is 15.2. The van der Waals surface area contributed by atoms with Crippen molar-refractivity contribution in [3.05, 3.63) is 53.6 Å². The molecule has 1 N–H and O–H groups in total. The second-order valence-corrected chi connectivity index (χ2v) is 6.81. The van der Waals surface area contributed by atoms with Gasteiger partial charge in [0.05, 0.1) is 11.6 Å². The number of anilines is 1. The van der Waals surface area contributed by atoms with E-state index in [4.69, 9.17) is 9.47 Å². The number of para-hydroxylation sites is 1. The maximum atomic E-state index is 12.9. The molecule has 0 radical (unpaired) electrons. The van der Waals surface area contributed by atoms with Crippen LogP contribution >= 0.6 is 0 Å². The van der Waals surface area contributed by atoms with Gasteiger partial charge in [-0.05, 0) is 49.6 Å². The molecule has 5 nitrogen and oxygen atoms in total. The third kappa shape index (κ3) is 3.34. The van der Waals surface area contributed by atoms with Gasteiger partial charge in [0.1, 0.15) is 13.2 Å². The van der Waals surface area contributed by atoms with Crippen molar-refractivity contribution in [2.45, 2.75) is 25.8 Å². The van der Waals surface area contributed by atoms with Crippen molar-refractivity contribution >= 4 is 11.6 Å². The third-order valence-electron chi connectivity index (χ3n) is 5.01. The third-order valence-corrected chi connectivity index (χ3v) is 5.01. The monoisotopic (exact) mass is 352 g/mol. The lowest BCUT2D eigenvalue weighted by Crippen LogP contribution is -2.29. The second kappa shape index (κ2) is 7.28. The number of rotatable bonds is 4. The first-order chi connectivity index (χ1) is 12.7. The summed E-state index contributed by atoms with van der Waals surface area (Å²) in [6.45, 7) is 5.15. The van der Waals surface area contributed by atoms with Crippen LogP contribution in [0.4, 0.5) is 5.69 Å². The molecule has 0 bridgehead atoms. The number of ether oxygens (including phenoxy) is 2. The number of carbonyl (C=O) groups excluding carboxylic acids is 1. The number of carbonyl (C=O) groups is 1. The molecule has 4 rings (SSSR count). The van der Waals surface area contributed by atoms with E-state index in [0.717, 1.165) is 41.4 Å². The predicted octanol–water partition coefficient (Wildman–Crippen LogP) is 3.55. The number of nitrogens with one attached hydrogen (secondary N) is 1. The van der Waals surface area contributed by atoms with E-state index < -0.39 is 0 Å². The highest BCUT2D eigenvalue weighted by Crippen LogP contribution is 2.33. The molecule has 2 aromatic carbocycles. The van der Waals surface area contributed by atoms with Gasteiger partial charge in [0.2, 0.25) is 0 Å². The molecule has 5 heteroatoms. The van der Waals surface area contributed by atoms with E-state index in [1.165, 1.54) is 12.8 Å². The summed E-state index contributed by atoms with van der Waals surface area (Å²) in [5.74, 6) is 1.46. The van der Waals surface area contributed by atoms with Gasteiger partial charge in [0, 0.05) is 18.8 Å². The van der Waals surface area contributed by atoms with Gasteiger partial charge < -0.3 is 19.7 Å². The van der Waals surface area contributed by atoms with Crippen LogP contribution in [-0.2, 0) is 0 Å². The van der Waals surface area contributed by atoms with Crippen molar-refractivity contribution < 1.29 is 14.3 Å². The number of fused-ring (bicyclic) bond motifs is 1. The maximum absolute atomic E-state index is 12.9. The molecule has 26 heavy (non-hydrogen) atoms. The van der Waals surface area contributed by atoms with Crippen LogP contribution in [-0.4, -0.2) is 32.2 Å². The number of hydrogen-bond donors (Lipinski definition) is 1. The van der Waals surface area contributed by atoms with Gasteiger partial charge in [-0.3, -0.25) is 4.79 Å². The molecule has 1 amide bonds. The molecule has 0 aliphatic carbocycles. The molecule has 2 aromatic rings. The molecule has 0 aromatic heterocycles. The van der Waals surface area contributed by atoms with Crippen LogP contribution in [0, 0.1) is 0 Å². The average molecular weight is 352 g/mol. The molecule has 2 aliphatic heterocycles. The molecule has 1 atom stereocenters. The van der Waals surface area contributed by atoms with Gasteiger partial charge in [-0.2, -0.15) is 0 Å². The molecular weight excluding hydrogens is 328 g/mol. The number of benzene rings is 2. The van der Waals surface area contributed by atoms with E-state index in [1.807, 2.05) is 49.4 Å². The Hall–Kier alpha value is -2.69. The summed E-state index contributed by atoms with van der Waals surface area (Å²) in [5.41, 5.74) is 2.76. The van der Waals surface area contributed by atoms with Gasteiger partial charge >= 0.3 is 0 Å². The van der Waals surface area contributed by atoms with Crippen molar-refractivity contribution in [3.8, 4) is 11.5 Å². The van der Waals surface area contributed by atoms with Crippen LogP contribution in [0.1, 0.15) is 41.7 Å². The van der Waals surface area contributed by atoms with Crippen LogP contribution in [0.3, 0.4) is 0 Å². The fourth-order valence-electron chi connectivity index (χ4n) is 3.59. The van der Waals surface area contributed by atoms with Crippen molar-refractivity contribution in [1.82, 2.24) is 5.32 Å². The van der Waals surface area contributed by atoms with E-state index >= 15 is 0 Å². The van der Waals surface area contributed by atoms with Crippen LogP contribution in [0.25, 0.3) is 0 Å². The van der Waals surface area contributed by atoms with E-state index in [9.17, 15) is 4.79 Å². The highest BCUT2D eigenvalue weighted by Gasteiger charge is 2.21. The lowest BCUT2D eigenvalue weighted by molar-refractivity contribution is 0.0940. The number of amides is 1. The summed E-state index contributed by atoms with van der Waals surface area (Å²) < 4.78 is 11.2. The Labute approximate surface area is 153 Å². The van der Waals surface area contributed by atoms with E-state index in [2.05, 4.69) is 10.2 Å². The van der Waals surface area contributed by atoms with Gasteiger partial charge in [0.25, 0.3) is 5.91 Å². The Morgan fingerprint density at radius 3 is 2.58 bits per heavy atom. The summed E-state index contributed by atoms with van der Waals surface area (Å²) in [5, 5.41) is 3.12. The van der Waals surface area contributed by atoms with Crippen LogP contribution < -0.4 is 19.7 Å². The quantitative estimate of drug-likeness (QED) is 0.914. The normalized spacial score (nSPS) is 17.0. The summed E-state index contributed by atoms with van der Waals surface area (Å²) in [6, 6.07) is 13.6. The molecule has 0 spiro atoms. The molecule has 2 aliphatic rings. The lowest BCUT2D eigenvalue weighted by Gasteiger charge is -2.23. The summed E-state index contributed by atoms with van der Waals surface area (Å²) in [6.07, 6.45) is 2.37. The Bertz CT molecular complexity index is 800. The zero-order chi connectivity index (χ0) is 17.9. The molecule has 1 fully saturated rings. The fourth-order valence-corrected chi connectivity index (χ4v) is 3.59. The van der Waals surface area contributed by atoms with E-state index in [-0.39, 0.29) is 11.9 Å². The van der Waals surface area contributed by atoms with Crippen molar-refractivity contribution in [1.29, 1.82) is 0 Å². The molecule has 136 valence electrons. The lowest BCUT2D eigenvalue weighted by atomic mass is 10.1. The minimum atomic E-state index is -0.120. The Morgan fingerprint density at radius 1 is 1.04 bits per heavy atom. The predicted molar refractivity (Wildman–Crippen MR) is 101 cm³/mol. The van der Waals surface area contributed by atoms with Crippen LogP contribution in [0.2, 0.25) is 0 Å². The second-order valence-electron chi connectivity index (χ2n) is 6.81. The highest BCUT2D eigenvalue weighted by atomic mass is 16.6. The SMILES string of the molecule is CC(NC(=O)c1ccccc1N1CCCC1)c1ccc2c(c1)OCCO2. The standard InChI is InChI=1S/C21H24N2O3/c1-15(16-8-9-19-20(14-16)26-13-12-25-19)22-21(24)17-6-2-3-7-18(17)23-10-4-5-11-23/h2-3,6-9,14-15H,4-5,10-13H2,1H3,(H,22,24). The summed E-state index contributed by atoms with van der Waals surface area (Å²) >= 11 is 0. The van der Waals surface area contributed by atoms with Crippen LogP contribution in [0.15, 0.2) is 42.5 Å². The maximum Gasteiger partial charge on any atom is 0.253 e. The highest BCUT2D eigenvalue weighted by molar-refractivity contribution is 6.00. The van der Waals surface area contributed by atoms with Crippen LogP contribution in [0.5, 0.6) is 11.5 Å². The average Bonchev–Trinajstić information content (AvgIpc) is 3.22. The fraction of sp³-hybridized carbons (Fsp3) is 0.381. The number of nitrogens with zero attached hydrogens (tertiary/aromatic N) is 1. The molecule has 0 saturated carbocycles. The molecule has 2 heterocycles. The van der Waals surface area contributed by atoms with Crippen molar-refractivity contribution in [3.63, 3.8) is 0 Å². The molecule has 1 unspecified atom stereocenters. The van der Waals surface area contributed by atoms with Gasteiger partial charge in [-0.1, -0.05) is 18.2 Å². The zero-order valence-corrected chi connectivity index (χ0v) is 15.0. The first kappa shape index (κ1) is 16.8. The smallest absolute Gasteiger partial charge is 0.253 e. The Morgan fingerprint density at radius 2 is 1.77 bits per heavy atom. The molecule has 1 saturated heterocycles. The van der Waals surface area contributed by atoms with Crippen molar-refractivity contribution in [2.24, 2.45) is 0 Å². The van der Waals surface area contributed by atoms with Gasteiger partial charge in [-0.15, -0.1) is 0 Å². The Kier molecular flexibility index (Phi) is 4.69. The van der Waals surface area contributed by atoms with Crippen molar-refractivity contribution in [2.75, 3.05) is 31.2 Å². The summed E-state index contributed by atoms with van der Waals surface area (Å²) in [7, 11) is 0. The van der Waals surface area contributed by atoms with E-state index in [0.29, 0.717) is 13.2 Å². The minimum absolute atomic E-state index is 0.0464. The first-order valence-corrected chi connectivity index (χ1v) is 9.27. The Balaban J connectivity index is 1.51. The largest absolute Gasteiger partial charge is 0.486 e. The van der Waals surface area contributed by atoms with E-state index in [1.54, 1.807) is 0 Å². The molecular formula is C21H24N2O3. The zero-order valence-electron chi connectivity index (χ0n) is 15.0. The van der Waals surface area contributed by atoms with Gasteiger partial charge in [-0.25, -0.2) is 0 Å². The first-order valence-electron chi connectivity index (χ1n) is 9.27. The number of hydrogen-bond acceptors (Lipinski definition) is 4. The van der Waals surface area contributed by atoms with Gasteiger partial charge in [0.15, 0.2) is 11.5 Å².